The van der Waals surface area contributed by atoms with E-state index in [-0.39, 0.29) is 19.8 Å². The third-order valence-electron chi connectivity index (χ3n) is 13.1. The van der Waals surface area contributed by atoms with Gasteiger partial charge in [-0.25, -0.2) is 0 Å². The zero-order valence-electron chi connectivity index (χ0n) is 46.0. The zero-order chi connectivity index (χ0) is 51.3. The van der Waals surface area contributed by atoms with Crippen molar-refractivity contribution < 1.29 is 45.0 Å². The lowest BCUT2D eigenvalue weighted by atomic mass is 9.95. The van der Waals surface area contributed by atoms with Gasteiger partial charge in [0.2, 0.25) is 0 Å². The molecular weight excluding hydrogens is 853 g/mol. The summed E-state index contributed by atoms with van der Waals surface area (Å²) in [6.45, 7) is 7.87. The van der Waals surface area contributed by atoms with Gasteiger partial charge >= 0.3 is 17.9 Å². The van der Waals surface area contributed by atoms with Gasteiger partial charge in [-0.1, -0.05) is 297 Å². The molecule has 0 radical (unpaired) electrons. The molecule has 9 heteroatoms. The summed E-state index contributed by atoms with van der Waals surface area (Å²) in [6, 6.07) is 0. The molecule has 6 N–H and O–H groups in total. The van der Waals surface area contributed by atoms with Crippen LogP contribution in [0, 0.1) is 5.41 Å². The molecule has 68 heavy (non-hydrogen) atoms. The Labute approximate surface area is 422 Å². The highest BCUT2D eigenvalue weighted by Gasteiger charge is 2.20. The first-order valence-corrected chi connectivity index (χ1v) is 29.5. The number of hydrogen-bond acceptors (Lipinski definition) is 6. The predicted molar refractivity (Wildman–Crippen MR) is 291 cm³/mol. The highest BCUT2D eigenvalue weighted by molar-refractivity contribution is 5.67. The fraction of sp³-hybridized carbons (Fsp3) is 0.949. The van der Waals surface area contributed by atoms with Crippen LogP contribution in [0.1, 0.15) is 336 Å². The Kier molecular flexibility index (Phi) is 69.9. The van der Waals surface area contributed by atoms with Crippen molar-refractivity contribution in [2.75, 3.05) is 19.8 Å². The van der Waals surface area contributed by atoms with Crippen LogP contribution in [0.15, 0.2) is 0 Å². The van der Waals surface area contributed by atoms with Gasteiger partial charge in [0.05, 0.1) is 19.8 Å². The van der Waals surface area contributed by atoms with Crippen molar-refractivity contribution in [1.82, 2.24) is 0 Å². The summed E-state index contributed by atoms with van der Waals surface area (Å²) in [7, 11) is 0. The summed E-state index contributed by atoms with van der Waals surface area (Å²) < 4.78 is 0. The fourth-order valence-corrected chi connectivity index (χ4v) is 8.09. The van der Waals surface area contributed by atoms with E-state index in [2.05, 4.69) is 20.8 Å². The summed E-state index contributed by atoms with van der Waals surface area (Å²) in [6.07, 6.45) is 60.6. The first-order chi connectivity index (χ1) is 33.0. The standard InChI is InChI=1S/3C18H36O2.C5H12O3/c3*1-2-3-4-5-6-7-8-9-10-11-12-13-14-15-16-17-18(19)20;1-5(2-6,3-7)4-8/h3*2-17H2,1H3,(H,19,20);6-8H,2-4H2,1H3. The largest absolute Gasteiger partial charge is 0.481 e. The van der Waals surface area contributed by atoms with Gasteiger partial charge in [0.1, 0.15) is 0 Å². The molecule has 0 atom stereocenters. The lowest BCUT2D eigenvalue weighted by molar-refractivity contribution is -0.138. The van der Waals surface area contributed by atoms with Crippen LogP contribution in [0.5, 0.6) is 0 Å². The molecule has 0 rings (SSSR count). The number of aliphatic hydroxyl groups is 3. The van der Waals surface area contributed by atoms with Crippen LogP contribution in [0.4, 0.5) is 0 Å². The molecule has 9 nitrogen and oxygen atoms in total. The maximum atomic E-state index is 10.3. The van der Waals surface area contributed by atoms with Crippen LogP contribution in [-0.4, -0.2) is 68.4 Å². The molecule has 0 aliphatic carbocycles. The van der Waals surface area contributed by atoms with Crippen molar-refractivity contribution in [2.45, 2.75) is 336 Å². The summed E-state index contributed by atoms with van der Waals surface area (Å²) in [5.41, 5.74) is -0.708. The van der Waals surface area contributed by atoms with Gasteiger partial charge in [-0.2, -0.15) is 0 Å². The molecule has 410 valence electrons. The van der Waals surface area contributed by atoms with Crippen molar-refractivity contribution in [3.05, 3.63) is 0 Å². The second kappa shape index (κ2) is 65.3. The Morgan fingerprint density at radius 3 is 0.456 bits per heavy atom. The lowest BCUT2D eigenvalue weighted by Crippen LogP contribution is -2.29. The average Bonchev–Trinajstić information content (AvgIpc) is 3.32. The molecule has 0 amide bonds. The Balaban J connectivity index is -0.000000417. The van der Waals surface area contributed by atoms with E-state index in [9.17, 15) is 14.4 Å². The van der Waals surface area contributed by atoms with E-state index in [4.69, 9.17) is 30.6 Å². The zero-order valence-corrected chi connectivity index (χ0v) is 46.0. The second-order valence-electron chi connectivity index (χ2n) is 20.6. The number of aliphatic hydroxyl groups excluding tert-OH is 3. The molecule has 0 unspecified atom stereocenters. The highest BCUT2D eigenvalue weighted by atomic mass is 16.4. The summed E-state index contributed by atoms with van der Waals surface area (Å²) in [5.74, 6) is -1.96. The van der Waals surface area contributed by atoms with Gasteiger partial charge in [-0.05, 0) is 19.3 Å². The Morgan fingerprint density at radius 2 is 0.368 bits per heavy atom. The summed E-state index contributed by atoms with van der Waals surface area (Å²) >= 11 is 0. The number of aliphatic carboxylic acids is 3. The molecule has 0 aromatic rings. The second-order valence-corrected chi connectivity index (χ2v) is 20.6. The number of carboxylic acid groups (broad SMARTS) is 3. The maximum absolute atomic E-state index is 10.3. The molecule has 0 bridgehead atoms. The molecule has 0 aromatic carbocycles. The van der Waals surface area contributed by atoms with Gasteiger partial charge in [0, 0.05) is 24.7 Å². The number of hydrogen-bond donors (Lipinski definition) is 6. The van der Waals surface area contributed by atoms with E-state index in [1.807, 2.05) is 0 Å². The SMILES string of the molecule is CC(CO)(CO)CO.CCCCCCCCCCCCCCCCCC(=O)O.CCCCCCCCCCCCCCCCCC(=O)O.CCCCCCCCCCCCCCCCCC(=O)O. The van der Waals surface area contributed by atoms with E-state index in [0.29, 0.717) is 19.3 Å². The maximum Gasteiger partial charge on any atom is 0.303 e. The molecule has 0 saturated carbocycles. The van der Waals surface area contributed by atoms with Crippen molar-refractivity contribution in [1.29, 1.82) is 0 Å². The summed E-state index contributed by atoms with van der Waals surface area (Å²) in [4.78, 5) is 31.0. The van der Waals surface area contributed by atoms with Crippen molar-refractivity contribution in [3.63, 3.8) is 0 Å². The van der Waals surface area contributed by atoms with Gasteiger partial charge < -0.3 is 30.6 Å². The molecule has 0 heterocycles. The minimum absolute atomic E-state index is 0.181. The van der Waals surface area contributed by atoms with E-state index in [0.717, 1.165) is 38.5 Å². The van der Waals surface area contributed by atoms with Crippen LogP contribution >= 0.6 is 0 Å². The van der Waals surface area contributed by atoms with E-state index < -0.39 is 23.3 Å². The molecule has 0 saturated heterocycles. The van der Waals surface area contributed by atoms with Crippen LogP contribution < -0.4 is 0 Å². The lowest BCUT2D eigenvalue weighted by Gasteiger charge is -2.20. The van der Waals surface area contributed by atoms with Crippen LogP contribution in [0.25, 0.3) is 0 Å². The number of unbranched alkanes of at least 4 members (excludes halogenated alkanes) is 42. The topological polar surface area (TPSA) is 173 Å². The van der Waals surface area contributed by atoms with Gasteiger partial charge in [-0.3, -0.25) is 14.4 Å². The Bertz CT molecular complexity index is 842. The predicted octanol–water partition coefficient (Wildman–Crippen LogP) is 18.0. The summed E-state index contributed by atoms with van der Waals surface area (Å²) in [5, 5.41) is 50.9. The minimum atomic E-state index is -0.708. The van der Waals surface area contributed by atoms with E-state index in [1.54, 1.807) is 6.92 Å². The van der Waals surface area contributed by atoms with Crippen LogP contribution in [0.2, 0.25) is 0 Å². The van der Waals surface area contributed by atoms with E-state index >= 15 is 0 Å². The van der Waals surface area contributed by atoms with Crippen molar-refractivity contribution in [2.24, 2.45) is 5.41 Å². The van der Waals surface area contributed by atoms with E-state index in [1.165, 1.54) is 250 Å². The van der Waals surface area contributed by atoms with Crippen molar-refractivity contribution in [3.8, 4) is 0 Å². The normalized spacial score (nSPS) is 11.0. The minimum Gasteiger partial charge on any atom is -0.481 e. The quantitative estimate of drug-likeness (QED) is 0.0324. The molecule has 0 aromatic heterocycles. The van der Waals surface area contributed by atoms with Gasteiger partial charge in [0.25, 0.3) is 0 Å². The van der Waals surface area contributed by atoms with Crippen LogP contribution in [-0.2, 0) is 14.4 Å². The molecular formula is C59H120O9. The smallest absolute Gasteiger partial charge is 0.303 e. The molecule has 0 spiro atoms. The molecule has 0 fully saturated rings. The van der Waals surface area contributed by atoms with Gasteiger partial charge in [-0.15, -0.1) is 0 Å². The first-order valence-electron chi connectivity index (χ1n) is 29.5. The van der Waals surface area contributed by atoms with Gasteiger partial charge in [0.15, 0.2) is 0 Å². The fourth-order valence-electron chi connectivity index (χ4n) is 8.09. The monoisotopic (exact) mass is 973 g/mol. The first kappa shape index (κ1) is 72.8. The Hall–Kier alpha value is -1.71. The molecule has 0 aliphatic rings. The molecule has 0 aliphatic heterocycles. The average molecular weight is 974 g/mol. The number of carbonyl (C=O) groups is 3. The number of carboxylic acids is 3. The van der Waals surface area contributed by atoms with Crippen molar-refractivity contribution >= 4 is 17.9 Å². The van der Waals surface area contributed by atoms with Crippen LogP contribution in [0.3, 0.4) is 0 Å². The third kappa shape index (κ3) is 75.8. The number of rotatable bonds is 51. The third-order valence-corrected chi connectivity index (χ3v) is 13.1. The highest BCUT2D eigenvalue weighted by Crippen LogP contribution is 2.17. The Morgan fingerprint density at radius 1 is 0.250 bits per heavy atom.